The van der Waals surface area contributed by atoms with Gasteiger partial charge in [-0.25, -0.2) is 0 Å². The summed E-state index contributed by atoms with van der Waals surface area (Å²) in [5.74, 6) is 0. The molecule has 0 N–H and O–H groups in total. The predicted molar refractivity (Wildman–Crippen MR) is 25.0 cm³/mol. The van der Waals surface area contributed by atoms with Crippen molar-refractivity contribution in [2.24, 2.45) is 0 Å². The molecular formula is C5H4NOZn. The molecule has 0 aliphatic rings. The van der Waals surface area contributed by atoms with Crippen molar-refractivity contribution in [3.05, 3.63) is 29.6 Å². The van der Waals surface area contributed by atoms with E-state index in [1.807, 2.05) is 12.1 Å². The van der Waals surface area contributed by atoms with Crippen LogP contribution in [0.1, 0.15) is 0 Å². The Bertz CT molecular complexity index is 169. The van der Waals surface area contributed by atoms with Gasteiger partial charge in [-0.05, 0) is 0 Å². The monoisotopic (exact) mass is 158 g/mol. The van der Waals surface area contributed by atoms with Gasteiger partial charge in [0.1, 0.15) is 0 Å². The van der Waals surface area contributed by atoms with Gasteiger partial charge in [-0.2, -0.15) is 0 Å². The zero-order valence-corrected chi connectivity index (χ0v) is 7.34. The summed E-state index contributed by atoms with van der Waals surface area (Å²) >= 11 is 0.921. The van der Waals surface area contributed by atoms with Crippen LogP contribution in [-0.2, 0) is 18.3 Å². The van der Waals surface area contributed by atoms with Crippen LogP contribution >= 0.6 is 0 Å². The Morgan fingerprint density at radius 2 is 2.25 bits per heavy atom. The second kappa shape index (κ2) is 2.23. The van der Waals surface area contributed by atoms with Crippen molar-refractivity contribution >= 4 is 4.29 Å². The Labute approximate surface area is 57.4 Å². The molecule has 3 heteroatoms. The van der Waals surface area contributed by atoms with Crippen LogP contribution in [0.5, 0.6) is 0 Å². The molecule has 1 aromatic rings. The summed E-state index contributed by atoms with van der Waals surface area (Å²) in [6.07, 6.45) is 1.51. The quantitative estimate of drug-likeness (QED) is 0.285. The van der Waals surface area contributed by atoms with Gasteiger partial charge >= 0.3 is 56.9 Å². The average molecular weight is 159 g/mol. The summed E-state index contributed by atoms with van der Waals surface area (Å²) in [6, 6.07) is 5.42. The molecule has 0 fully saturated rings. The van der Waals surface area contributed by atoms with E-state index in [2.05, 4.69) is 0 Å². The number of aromatic nitrogens is 1. The Morgan fingerprint density at radius 3 is 2.62 bits per heavy atom. The van der Waals surface area contributed by atoms with E-state index in [0.717, 1.165) is 27.3 Å². The van der Waals surface area contributed by atoms with Gasteiger partial charge in [0, 0.05) is 0 Å². The first-order chi connectivity index (χ1) is 3.80. The molecule has 0 aromatic carbocycles. The Hall–Kier alpha value is -0.427. The zero-order chi connectivity index (χ0) is 5.98. The van der Waals surface area contributed by atoms with Gasteiger partial charge in [0.15, 0.2) is 0 Å². The van der Waals surface area contributed by atoms with Crippen LogP contribution in [0.25, 0.3) is 0 Å². The van der Waals surface area contributed by atoms with Crippen LogP contribution in [-0.4, -0.2) is 0 Å². The van der Waals surface area contributed by atoms with E-state index in [9.17, 15) is 5.21 Å². The van der Waals surface area contributed by atoms with Crippen LogP contribution in [0, 0.1) is 5.21 Å². The summed E-state index contributed by atoms with van der Waals surface area (Å²) in [5.41, 5.74) is 0. The molecule has 0 atom stereocenters. The predicted octanol–water partition coefficient (Wildman–Crippen LogP) is -0.508. The molecule has 37 valence electrons. The first-order valence-electron chi connectivity index (χ1n) is 2.31. The van der Waals surface area contributed by atoms with E-state index >= 15 is 0 Å². The topological polar surface area (TPSA) is 26.9 Å². The molecule has 0 aliphatic carbocycles. The minimum absolute atomic E-state index is 0.854. The molecule has 1 aromatic heterocycles. The summed E-state index contributed by atoms with van der Waals surface area (Å²) in [6.45, 7) is 0. The number of rotatable bonds is 0. The molecule has 2 nitrogen and oxygen atoms in total. The fourth-order valence-electron chi connectivity index (χ4n) is 0.464. The summed E-state index contributed by atoms with van der Waals surface area (Å²) in [5, 5.41) is 10.6. The average Bonchev–Trinajstić information content (AvgIpc) is 1.77. The molecule has 0 amide bonds. The third-order valence-electron chi connectivity index (χ3n) is 0.904. The SMILES string of the molecule is [O-][n+]1cccc[c]1[Zn]. The number of hydrogen-bond donors (Lipinski definition) is 0. The van der Waals surface area contributed by atoms with E-state index in [0.29, 0.717) is 0 Å². The molecule has 0 bridgehead atoms. The Balaban J connectivity index is 3.13. The molecule has 0 saturated carbocycles. The summed E-state index contributed by atoms with van der Waals surface area (Å²) < 4.78 is 1.74. The Morgan fingerprint density at radius 1 is 1.50 bits per heavy atom. The van der Waals surface area contributed by atoms with E-state index in [-0.39, 0.29) is 0 Å². The van der Waals surface area contributed by atoms with Gasteiger partial charge in [-0.1, -0.05) is 0 Å². The van der Waals surface area contributed by atoms with E-state index in [1.165, 1.54) is 6.20 Å². The molecule has 1 heterocycles. The van der Waals surface area contributed by atoms with Crippen LogP contribution in [0.4, 0.5) is 0 Å². The maximum atomic E-state index is 10.6. The fourth-order valence-corrected chi connectivity index (χ4v) is 0.970. The summed E-state index contributed by atoms with van der Waals surface area (Å²) in [7, 11) is 0. The van der Waals surface area contributed by atoms with Gasteiger partial charge < -0.3 is 0 Å². The Kier molecular flexibility index (Phi) is 1.59. The standard InChI is InChI=1S/C5H4NO.Zn/c7-6-4-2-1-3-5-6;/h1-4H;. The molecule has 0 radical (unpaired) electrons. The van der Waals surface area contributed by atoms with Crippen LogP contribution < -0.4 is 9.02 Å². The van der Waals surface area contributed by atoms with Crippen LogP contribution in [0.15, 0.2) is 24.4 Å². The molecule has 1 rings (SSSR count). The van der Waals surface area contributed by atoms with Crippen molar-refractivity contribution in [3.8, 4) is 0 Å². The third-order valence-corrected chi connectivity index (χ3v) is 2.05. The second-order valence-electron chi connectivity index (χ2n) is 1.52. The van der Waals surface area contributed by atoms with Crippen molar-refractivity contribution in [1.29, 1.82) is 0 Å². The molecule has 8 heavy (non-hydrogen) atoms. The van der Waals surface area contributed by atoms with E-state index in [1.54, 1.807) is 6.07 Å². The van der Waals surface area contributed by atoms with Crippen LogP contribution in [0.3, 0.4) is 0 Å². The summed E-state index contributed by atoms with van der Waals surface area (Å²) in [4.78, 5) is 0. The third kappa shape index (κ3) is 1.04. The number of pyridine rings is 1. The van der Waals surface area contributed by atoms with E-state index in [4.69, 9.17) is 0 Å². The molecular weight excluding hydrogens is 155 g/mol. The molecule has 0 unspecified atom stereocenters. The molecule has 0 saturated heterocycles. The zero-order valence-electron chi connectivity index (χ0n) is 4.37. The van der Waals surface area contributed by atoms with Crippen molar-refractivity contribution in [3.63, 3.8) is 0 Å². The fraction of sp³-hybridized carbons (Fsp3) is 0. The van der Waals surface area contributed by atoms with Crippen molar-refractivity contribution in [2.75, 3.05) is 0 Å². The minimum atomic E-state index is 0.854. The normalized spacial score (nSPS) is 9.25. The first kappa shape index (κ1) is 5.71. The molecule has 0 spiro atoms. The van der Waals surface area contributed by atoms with Gasteiger partial charge in [0.05, 0.1) is 0 Å². The van der Waals surface area contributed by atoms with Gasteiger partial charge in [-0.15, -0.1) is 0 Å². The van der Waals surface area contributed by atoms with Crippen molar-refractivity contribution in [1.82, 2.24) is 0 Å². The van der Waals surface area contributed by atoms with E-state index < -0.39 is 0 Å². The van der Waals surface area contributed by atoms with Crippen LogP contribution in [0.2, 0.25) is 0 Å². The molecule has 0 aliphatic heterocycles. The first-order valence-corrected chi connectivity index (χ1v) is 3.79. The van der Waals surface area contributed by atoms with Crippen molar-refractivity contribution in [2.45, 2.75) is 0 Å². The maximum absolute atomic E-state index is 10.6. The number of hydrogen-bond acceptors (Lipinski definition) is 1. The van der Waals surface area contributed by atoms with Gasteiger partial charge in [0.2, 0.25) is 0 Å². The van der Waals surface area contributed by atoms with Gasteiger partial charge in [0.25, 0.3) is 0 Å². The van der Waals surface area contributed by atoms with Crippen molar-refractivity contribution < 1.29 is 23.0 Å². The van der Waals surface area contributed by atoms with Gasteiger partial charge in [-0.3, -0.25) is 0 Å². The second-order valence-corrected chi connectivity index (χ2v) is 3.04. The number of nitrogens with zero attached hydrogens (tertiary/aromatic N) is 1.